The van der Waals surface area contributed by atoms with Gasteiger partial charge in [0.15, 0.2) is 0 Å². The van der Waals surface area contributed by atoms with Crippen molar-refractivity contribution in [3.05, 3.63) is 95.7 Å². The van der Waals surface area contributed by atoms with Crippen LogP contribution in [0.1, 0.15) is 112 Å². The molecule has 2 heteroatoms. The van der Waals surface area contributed by atoms with E-state index in [1.54, 1.807) is 11.6 Å². The van der Waals surface area contributed by atoms with Gasteiger partial charge in [-0.25, -0.2) is 0 Å². The summed E-state index contributed by atoms with van der Waals surface area (Å²) in [6.45, 7) is 23.8. The summed E-state index contributed by atoms with van der Waals surface area (Å²) in [5.74, 6) is 0.269. The molecule has 2 nitrogen and oxygen atoms in total. The Hall–Kier alpha value is -3.10. The molecule has 0 heterocycles. The molecule has 0 spiro atoms. The van der Waals surface area contributed by atoms with Crippen molar-refractivity contribution in [1.82, 2.24) is 0 Å². The lowest BCUT2D eigenvalue weighted by Gasteiger charge is -2.15. The first-order chi connectivity index (χ1) is 18.1. The standard InChI is InChI=1S/C18H27N.C15H24.C3H3N/c1-15(2)6-4-7-16(3)8-5-9-17-10-12-18(14-19)13-11-17;1-6-14(4)10-8-12-15(5)11-7-9-13(2)3;1-2-3-4/h6,8,10,18H,4-5,7,9,11-13H2,1-3H3;6,9,12H,1,4,7-8,10-11H2,2-3,5H3;2H,1H2/b16-8+;15-12+;. The summed E-state index contributed by atoms with van der Waals surface area (Å²) >= 11 is 0. The Balaban J connectivity index is 0. The zero-order valence-corrected chi connectivity index (χ0v) is 25.4. The third-order valence-corrected chi connectivity index (χ3v) is 6.17. The average Bonchev–Trinajstić information content (AvgIpc) is 2.89. The Kier molecular flexibility index (Phi) is 24.9. The van der Waals surface area contributed by atoms with E-state index in [9.17, 15) is 0 Å². The van der Waals surface area contributed by atoms with Crippen molar-refractivity contribution in [3.63, 3.8) is 0 Å². The van der Waals surface area contributed by atoms with Crippen LogP contribution in [0, 0.1) is 28.6 Å². The van der Waals surface area contributed by atoms with Crippen LogP contribution in [-0.2, 0) is 0 Å². The van der Waals surface area contributed by atoms with Crippen molar-refractivity contribution in [1.29, 1.82) is 10.5 Å². The van der Waals surface area contributed by atoms with Crippen molar-refractivity contribution >= 4 is 0 Å². The van der Waals surface area contributed by atoms with Crippen LogP contribution in [0.3, 0.4) is 0 Å². The normalized spacial score (nSPS) is 14.5. The molecule has 0 fully saturated rings. The molecule has 0 radical (unpaired) electrons. The van der Waals surface area contributed by atoms with Crippen molar-refractivity contribution in [2.75, 3.05) is 0 Å². The summed E-state index contributed by atoms with van der Waals surface area (Å²) in [5.41, 5.74) is 8.48. The molecule has 208 valence electrons. The van der Waals surface area contributed by atoms with E-state index in [0.29, 0.717) is 0 Å². The Morgan fingerprint density at radius 3 is 1.74 bits per heavy atom. The van der Waals surface area contributed by atoms with Gasteiger partial charge in [-0.2, -0.15) is 10.5 Å². The summed E-state index contributed by atoms with van der Waals surface area (Å²) in [7, 11) is 0. The smallest absolute Gasteiger partial charge is 0.0905 e. The maximum atomic E-state index is 8.85. The zero-order chi connectivity index (χ0) is 29.2. The lowest BCUT2D eigenvalue weighted by molar-refractivity contribution is 0.567. The van der Waals surface area contributed by atoms with E-state index in [1.165, 1.54) is 47.6 Å². The molecule has 0 aromatic heterocycles. The van der Waals surface area contributed by atoms with Crippen LogP contribution < -0.4 is 0 Å². The van der Waals surface area contributed by atoms with Crippen molar-refractivity contribution in [3.8, 4) is 12.1 Å². The molecule has 1 aliphatic carbocycles. The van der Waals surface area contributed by atoms with E-state index in [0.717, 1.165) is 56.9 Å². The fourth-order valence-corrected chi connectivity index (χ4v) is 3.72. The molecular formula is C36H54N2. The van der Waals surface area contributed by atoms with Gasteiger partial charge in [-0.3, -0.25) is 0 Å². The van der Waals surface area contributed by atoms with E-state index >= 15 is 0 Å². The van der Waals surface area contributed by atoms with E-state index in [-0.39, 0.29) is 5.92 Å². The first-order valence-electron chi connectivity index (χ1n) is 14.1. The van der Waals surface area contributed by atoms with Crippen molar-refractivity contribution < 1.29 is 0 Å². The number of allylic oxidation sites excluding steroid dienone is 13. The maximum absolute atomic E-state index is 8.85. The highest BCUT2D eigenvalue weighted by Crippen LogP contribution is 2.26. The SMILES string of the molecule is C=CC#N.C=CC(=C)CC/C=C(\C)CCC=C(C)C.CC(C)=CCC/C(C)=C/CCC1=CCC(C#N)CC1. The quantitative estimate of drug-likeness (QED) is 0.139. The molecular weight excluding hydrogens is 460 g/mol. The molecule has 1 unspecified atom stereocenters. The first kappa shape index (κ1) is 37.1. The van der Waals surface area contributed by atoms with Gasteiger partial charge in [0.25, 0.3) is 0 Å². The minimum atomic E-state index is 0.269. The number of hydrogen-bond acceptors (Lipinski definition) is 2. The van der Waals surface area contributed by atoms with Crippen LogP contribution in [0.25, 0.3) is 0 Å². The summed E-state index contributed by atoms with van der Waals surface area (Å²) in [6, 6.07) is 4.06. The average molecular weight is 515 g/mol. The summed E-state index contributed by atoms with van der Waals surface area (Å²) in [4.78, 5) is 0. The van der Waals surface area contributed by atoms with Gasteiger partial charge in [-0.05, 0) is 112 Å². The Morgan fingerprint density at radius 2 is 1.34 bits per heavy atom. The second kappa shape index (κ2) is 25.5. The fourth-order valence-electron chi connectivity index (χ4n) is 3.72. The van der Waals surface area contributed by atoms with E-state index < -0.39 is 0 Å². The highest BCUT2D eigenvalue weighted by atomic mass is 14.3. The minimum absolute atomic E-state index is 0.269. The van der Waals surface area contributed by atoms with Gasteiger partial charge < -0.3 is 0 Å². The van der Waals surface area contributed by atoms with Gasteiger partial charge in [0.1, 0.15) is 0 Å². The third-order valence-electron chi connectivity index (χ3n) is 6.17. The fraction of sp³-hybridized carbons (Fsp3) is 0.500. The Morgan fingerprint density at radius 1 is 0.842 bits per heavy atom. The number of rotatable bonds is 13. The van der Waals surface area contributed by atoms with Crippen LogP contribution in [-0.4, -0.2) is 0 Å². The van der Waals surface area contributed by atoms with Crippen LogP contribution >= 0.6 is 0 Å². The number of nitriles is 2. The minimum Gasteiger partial charge on any atom is -0.198 e. The van der Waals surface area contributed by atoms with Crippen LogP contribution in [0.15, 0.2) is 95.7 Å². The Bertz CT molecular complexity index is 927. The second-order valence-electron chi connectivity index (χ2n) is 10.5. The summed E-state index contributed by atoms with van der Waals surface area (Å²) in [6.07, 6.45) is 26.9. The molecule has 0 N–H and O–H groups in total. The van der Waals surface area contributed by atoms with Crippen LogP contribution in [0.2, 0.25) is 0 Å². The molecule has 0 aromatic rings. The highest BCUT2D eigenvalue weighted by molar-refractivity contribution is 5.13. The molecule has 1 rings (SSSR count). The van der Waals surface area contributed by atoms with Crippen molar-refractivity contribution in [2.45, 2.75) is 112 Å². The van der Waals surface area contributed by atoms with Gasteiger partial charge in [-0.1, -0.05) is 89.6 Å². The second-order valence-corrected chi connectivity index (χ2v) is 10.5. The van der Waals surface area contributed by atoms with Crippen LogP contribution in [0.4, 0.5) is 0 Å². The first-order valence-corrected chi connectivity index (χ1v) is 14.1. The highest BCUT2D eigenvalue weighted by Gasteiger charge is 2.12. The number of nitrogens with zero attached hydrogens (tertiary/aromatic N) is 2. The third kappa shape index (κ3) is 26.0. The van der Waals surface area contributed by atoms with Crippen LogP contribution in [0.5, 0.6) is 0 Å². The summed E-state index contributed by atoms with van der Waals surface area (Å²) < 4.78 is 0. The predicted octanol–water partition coefficient (Wildman–Crippen LogP) is 11.6. The molecule has 38 heavy (non-hydrogen) atoms. The molecule has 1 aliphatic rings. The Labute approximate surface area is 236 Å². The van der Waals surface area contributed by atoms with E-state index in [1.807, 2.05) is 6.08 Å². The molecule has 1 atom stereocenters. The van der Waals surface area contributed by atoms with Gasteiger partial charge in [0.05, 0.1) is 18.1 Å². The topological polar surface area (TPSA) is 47.6 Å². The predicted molar refractivity (Wildman–Crippen MR) is 169 cm³/mol. The molecule has 0 saturated carbocycles. The molecule has 0 aromatic carbocycles. The largest absolute Gasteiger partial charge is 0.198 e. The lowest BCUT2D eigenvalue weighted by Crippen LogP contribution is -2.02. The lowest BCUT2D eigenvalue weighted by atomic mass is 9.88. The van der Waals surface area contributed by atoms with Gasteiger partial charge in [-0.15, -0.1) is 0 Å². The molecule has 0 bridgehead atoms. The van der Waals surface area contributed by atoms with E-state index in [4.69, 9.17) is 10.5 Å². The molecule has 0 aliphatic heterocycles. The van der Waals surface area contributed by atoms with E-state index in [2.05, 4.69) is 97.7 Å². The monoisotopic (exact) mass is 514 g/mol. The molecule has 0 amide bonds. The molecule has 0 saturated heterocycles. The van der Waals surface area contributed by atoms with Gasteiger partial charge in [0.2, 0.25) is 0 Å². The maximum Gasteiger partial charge on any atom is 0.0905 e. The van der Waals surface area contributed by atoms with Gasteiger partial charge in [0, 0.05) is 6.08 Å². The van der Waals surface area contributed by atoms with Crippen molar-refractivity contribution in [2.24, 2.45) is 5.92 Å². The summed E-state index contributed by atoms with van der Waals surface area (Å²) in [5, 5.41) is 16.4. The van der Waals surface area contributed by atoms with Gasteiger partial charge >= 0.3 is 0 Å². The number of hydrogen-bond donors (Lipinski definition) is 0. The zero-order valence-electron chi connectivity index (χ0n) is 25.4.